The van der Waals surface area contributed by atoms with Crippen LogP contribution in [0.4, 0.5) is 0 Å². The molecule has 11 N–H and O–H groups in total. The van der Waals surface area contributed by atoms with Crippen LogP contribution in [0.25, 0.3) is 0 Å². The molecule has 0 bridgehead atoms. The fraction of sp³-hybridized carbons (Fsp3) is 0.923. The number of carbonyl (C=O) groups is 1. The average Bonchev–Trinajstić information content (AvgIpc) is 2.61. The number of nitrogens with two attached hydrogens (primary N) is 3. The van der Waals surface area contributed by atoms with Gasteiger partial charge in [0.2, 0.25) is 5.91 Å². The van der Waals surface area contributed by atoms with Crippen LogP contribution in [0.15, 0.2) is 0 Å². The van der Waals surface area contributed by atoms with Crippen molar-refractivity contribution in [3.05, 3.63) is 0 Å². The van der Waals surface area contributed by atoms with Crippen molar-refractivity contribution in [3.63, 3.8) is 0 Å². The second-order valence-electron chi connectivity index (χ2n) is 6.19. The number of carbonyl (C=O) groups excluding carboxylic acids is 1. The zero-order chi connectivity index (χ0) is 19.6. The van der Waals surface area contributed by atoms with Crippen LogP contribution in [0, 0.1) is 0 Å². The molecule has 1 amide bonds. The molecule has 0 aliphatic carbocycles. The summed E-state index contributed by atoms with van der Waals surface area (Å²) in [6.07, 6.45) is -11.7. The van der Waals surface area contributed by atoms with Crippen molar-refractivity contribution in [2.45, 2.75) is 61.4 Å². The lowest BCUT2D eigenvalue weighted by Crippen LogP contribution is -2.68. The maximum absolute atomic E-state index is 11.3. The van der Waals surface area contributed by atoms with E-state index in [0.29, 0.717) is 0 Å². The van der Waals surface area contributed by atoms with Crippen molar-refractivity contribution in [2.75, 3.05) is 11.9 Å². The van der Waals surface area contributed by atoms with Gasteiger partial charge in [0.05, 0.1) is 11.4 Å². The van der Waals surface area contributed by atoms with Crippen molar-refractivity contribution in [1.29, 1.82) is 0 Å². The highest BCUT2D eigenvalue weighted by molar-refractivity contribution is 9.09. The molecule has 2 fully saturated rings. The Hall–Kier alpha value is -0.450. The van der Waals surface area contributed by atoms with Gasteiger partial charge in [-0.1, -0.05) is 15.9 Å². The van der Waals surface area contributed by atoms with E-state index in [4.69, 9.17) is 31.4 Å². The number of hydrogen-bond acceptors (Lipinski definition) is 11. The van der Waals surface area contributed by atoms with E-state index in [2.05, 4.69) is 21.2 Å². The molecule has 12 nitrogen and oxygen atoms in total. The third-order valence-corrected chi connectivity index (χ3v) is 4.83. The van der Waals surface area contributed by atoms with E-state index in [0.717, 1.165) is 0 Å². The lowest BCUT2D eigenvalue weighted by Gasteiger charge is -2.45. The van der Waals surface area contributed by atoms with Gasteiger partial charge in [0, 0.05) is 6.54 Å². The van der Waals surface area contributed by atoms with Gasteiger partial charge >= 0.3 is 0 Å². The van der Waals surface area contributed by atoms with Crippen LogP contribution in [0.3, 0.4) is 0 Å². The first kappa shape index (κ1) is 21.8. The molecule has 0 aromatic heterocycles. The summed E-state index contributed by atoms with van der Waals surface area (Å²) in [7, 11) is 0. The molecule has 2 aliphatic heterocycles. The van der Waals surface area contributed by atoms with Crippen LogP contribution in [0.5, 0.6) is 0 Å². The number of amides is 1. The molecule has 2 aliphatic rings. The summed E-state index contributed by atoms with van der Waals surface area (Å²) in [5, 5.41) is 42.6. The number of aliphatic hydroxyl groups excluding tert-OH is 4. The summed E-state index contributed by atoms with van der Waals surface area (Å²) >= 11 is 2.98. The minimum absolute atomic E-state index is 0.0520. The molecular weight excluding hydrogens is 420 g/mol. The quantitative estimate of drug-likeness (QED) is 0.187. The molecular formula is C13H25BrN4O8. The zero-order valence-corrected chi connectivity index (χ0v) is 15.3. The Morgan fingerprint density at radius 3 is 2.27 bits per heavy atom. The molecule has 2 rings (SSSR count). The molecule has 0 saturated carbocycles. The topological polar surface area (TPSA) is 216 Å². The van der Waals surface area contributed by atoms with E-state index >= 15 is 0 Å². The summed E-state index contributed by atoms with van der Waals surface area (Å²) < 4.78 is 16.1. The van der Waals surface area contributed by atoms with Crippen LogP contribution >= 0.6 is 15.9 Å². The second kappa shape index (κ2) is 9.16. The second-order valence-corrected chi connectivity index (χ2v) is 6.75. The van der Waals surface area contributed by atoms with Crippen molar-refractivity contribution in [1.82, 2.24) is 5.32 Å². The molecule has 0 aromatic carbocycles. The fourth-order valence-electron chi connectivity index (χ4n) is 2.74. The van der Waals surface area contributed by atoms with Gasteiger partial charge in [0.25, 0.3) is 0 Å². The van der Waals surface area contributed by atoms with Crippen LogP contribution in [-0.4, -0.2) is 99.6 Å². The summed E-state index contributed by atoms with van der Waals surface area (Å²) in [6.45, 7) is -0.113. The van der Waals surface area contributed by atoms with Gasteiger partial charge in [-0.05, 0) is 0 Å². The molecule has 0 aromatic rings. The van der Waals surface area contributed by atoms with Gasteiger partial charge in [-0.2, -0.15) is 0 Å². The van der Waals surface area contributed by atoms with Gasteiger partial charge in [-0.3, -0.25) is 4.79 Å². The van der Waals surface area contributed by atoms with Crippen LogP contribution < -0.4 is 22.5 Å². The molecule has 26 heavy (non-hydrogen) atoms. The first-order valence-electron chi connectivity index (χ1n) is 7.95. The Kier molecular flexibility index (Phi) is 7.70. The number of alkyl halides is 1. The van der Waals surface area contributed by atoms with Crippen LogP contribution in [0.2, 0.25) is 0 Å². The highest BCUT2D eigenvalue weighted by atomic mass is 79.9. The normalized spacial score (nSPS) is 46.8. The Bertz CT molecular complexity index is 491. The number of nitrogens with one attached hydrogen (secondary N) is 1. The number of aliphatic hydroxyl groups is 4. The summed E-state index contributed by atoms with van der Waals surface area (Å²) in [5.41, 5.74) is 17.0. The Morgan fingerprint density at radius 2 is 1.65 bits per heavy atom. The number of rotatable bonds is 5. The SMILES string of the molecule is NC1[C@@H](O[C@@H]2C(N)O[C@@H](N)C(O)[C@H]2O)OC(CNC(=O)CBr)[C@@H](O)[C@@H]1O. The standard InChI is InChI=1S/C13H25BrN4O8/c14-1-4(19)18-2-3-6(20)7(21)5(15)13(24-3)25-10-8(22)9(23)11(16)26-12(10)17/h3,5-13,20-23H,1-2,15-17H2,(H,18,19)/t3?,5?,6-,7-,8-,9?,10+,11-,12?,13-/m1/s1. The van der Waals surface area contributed by atoms with E-state index in [9.17, 15) is 25.2 Å². The van der Waals surface area contributed by atoms with E-state index in [1.807, 2.05) is 0 Å². The molecule has 0 radical (unpaired) electrons. The molecule has 13 heteroatoms. The molecule has 4 unspecified atom stereocenters. The monoisotopic (exact) mass is 444 g/mol. The van der Waals surface area contributed by atoms with E-state index in [1.165, 1.54) is 0 Å². The van der Waals surface area contributed by atoms with Gasteiger partial charge in [0.1, 0.15) is 49.1 Å². The van der Waals surface area contributed by atoms with Gasteiger partial charge in [-0.15, -0.1) is 0 Å². The highest BCUT2D eigenvalue weighted by Crippen LogP contribution is 2.26. The molecule has 152 valence electrons. The summed E-state index contributed by atoms with van der Waals surface area (Å²) in [4.78, 5) is 11.3. The van der Waals surface area contributed by atoms with Crippen molar-refractivity contribution in [3.8, 4) is 0 Å². The molecule has 0 spiro atoms. The average molecular weight is 445 g/mol. The Balaban J connectivity index is 2.05. The first-order valence-corrected chi connectivity index (χ1v) is 9.07. The minimum atomic E-state index is -1.49. The van der Waals surface area contributed by atoms with Crippen molar-refractivity contribution in [2.24, 2.45) is 17.2 Å². The summed E-state index contributed by atoms with van der Waals surface area (Å²) in [6, 6.07) is -1.18. The predicted octanol–water partition coefficient (Wildman–Crippen LogP) is -5.02. The summed E-state index contributed by atoms with van der Waals surface area (Å²) in [5.74, 6) is -0.349. The maximum atomic E-state index is 11.3. The molecule has 2 saturated heterocycles. The minimum Gasteiger partial charge on any atom is -0.388 e. The molecule has 10 atom stereocenters. The van der Waals surface area contributed by atoms with Gasteiger partial charge < -0.3 is 57.2 Å². The van der Waals surface area contributed by atoms with Gasteiger partial charge in [-0.25, -0.2) is 0 Å². The van der Waals surface area contributed by atoms with Gasteiger partial charge in [0.15, 0.2) is 6.29 Å². The number of halogens is 1. The largest absolute Gasteiger partial charge is 0.388 e. The number of hydrogen-bond donors (Lipinski definition) is 8. The third kappa shape index (κ3) is 4.69. The van der Waals surface area contributed by atoms with E-state index in [-0.39, 0.29) is 17.8 Å². The lowest BCUT2D eigenvalue weighted by molar-refractivity contribution is -0.313. The first-order chi connectivity index (χ1) is 12.2. The third-order valence-electron chi connectivity index (χ3n) is 4.32. The Labute approximate surface area is 157 Å². The van der Waals surface area contributed by atoms with Crippen molar-refractivity contribution < 1.29 is 39.4 Å². The van der Waals surface area contributed by atoms with Crippen LogP contribution in [0.1, 0.15) is 0 Å². The zero-order valence-electron chi connectivity index (χ0n) is 13.7. The van der Waals surface area contributed by atoms with Crippen LogP contribution in [-0.2, 0) is 19.0 Å². The maximum Gasteiger partial charge on any atom is 0.230 e. The number of ether oxygens (including phenoxy) is 3. The highest BCUT2D eigenvalue weighted by Gasteiger charge is 2.48. The smallest absolute Gasteiger partial charge is 0.230 e. The van der Waals surface area contributed by atoms with E-state index < -0.39 is 61.4 Å². The fourth-order valence-corrected chi connectivity index (χ4v) is 2.94. The predicted molar refractivity (Wildman–Crippen MR) is 89.4 cm³/mol. The Morgan fingerprint density at radius 1 is 1.00 bits per heavy atom. The molecule has 2 heterocycles. The lowest BCUT2D eigenvalue weighted by atomic mass is 9.96. The van der Waals surface area contributed by atoms with Crippen molar-refractivity contribution >= 4 is 21.8 Å². The van der Waals surface area contributed by atoms with E-state index in [1.54, 1.807) is 0 Å².